The van der Waals surface area contributed by atoms with Gasteiger partial charge in [0.05, 0.1) is 5.56 Å². The summed E-state index contributed by atoms with van der Waals surface area (Å²) in [6.07, 6.45) is 0.787. The van der Waals surface area contributed by atoms with Crippen molar-refractivity contribution in [2.75, 3.05) is 5.32 Å². The summed E-state index contributed by atoms with van der Waals surface area (Å²) in [6, 6.07) is 2.93. The van der Waals surface area contributed by atoms with Crippen LogP contribution in [0.15, 0.2) is 12.1 Å². The van der Waals surface area contributed by atoms with E-state index in [0.717, 1.165) is 0 Å². The van der Waals surface area contributed by atoms with Crippen molar-refractivity contribution in [1.82, 2.24) is 0 Å². The lowest BCUT2D eigenvalue weighted by Gasteiger charge is -2.08. The van der Waals surface area contributed by atoms with Gasteiger partial charge in [0.2, 0.25) is 5.91 Å². The predicted octanol–water partition coefficient (Wildman–Crippen LogP) is 1.47. The molecule has 0 heterocycles. The van der Waals surface area contributed by atoms with Gasteiger partial charge in [-0.3, -0.25) is 9.59 Å². The highest BCUT2D eigenvalue weighted by Gasteiger charge is 2.25. The second kappa shape index (κ2) is 4.01. The summed E-state index contributed by atoms with van der Waals surface area (Å²) in [6.45, 7) is 1.33. The molecular formula is C12H11NO4. The van der Waals surface area contributed by atoms with E-state index in [1.54, 1.807) is 6.07 Å². The topological polar surface area (TPSA) is 83.5 Å². The number of hydrogen-bond donors (Lipinski definition) is 2. The number of hydrogen-bond acceptors (Lipinski definition) is 3. The summed E-state index contributed by atoms with van der Waals surface area (Å²) in [7, 11) is 0. The number of anilines is 1. The van der Waals surface area contributed by atoms with Gasteiger partial charge in [-0.15, -0.1) is 0 Å². The smallest absolute Gasteiger partial charge is 0.336 e. The molecule has 1 aliphatic carbocycles. The standard InChI is InChI=1S/C12H11NO4/c1-6(14)13-7-4-9-8(2-3-11(9)15)10(5-7)12(16)17/h4-5H,2-3H2,1H3,(H,13,14)(H,16,17). The van der Waals surface area contributed by atoms with Gasteiger partial charge < -0.3 is 10.4 Å². The quantitative estimate of drug-likeness (QED) is 0.810. The van der Waals surface area contributed by atoms with Crippen molar-refractivity contribution in [2.24, 2.45) is 0 Å². The summed E-state index contributed by atoms with van der Waals surface area (Å²) in [5.41, 5.74) is 1.42. The molecule has 0 radical (unpaired) electrons. The van der Waals surface area contributed by atoms with Crippen LogP contribution in [0.5, 0.6) is 0 Å². The minimum Gasteiger partial charge on any atom is -0.478 e. The van der Waals surface area contributed by atoms with Crippen LogP contribution >= 0.6 is 0 Å². The number of Topliss-reactive ketones (excluding diaryl/α,β-unsaturated/α-hetero) is 1. The molecule has 1 aliphatic rings. The van der Waals surface area contributed by atoms with Gasteiger partial charge in [-0.1, -0.05) is 0 Å². The molecule has 1 aromatic carbocycles. The first kappa shape index (κ1) is 11.3. The number of carbonyl (C=O) groups excluding carboxylic acids is 2. The molecule has 1 aromatic rings. The number of carboxylic acid groups (broad SMARTS) is 1. The Bertz CT molecular complexity index is 534. The Morgan fingerprint density at radius 1 is 1.29 bits per heavy atom. The van der Waals surface area contributed by atoms with E-state index in [-0.39, 0.29) is 17.3 Å². The predicted molar refractivity (Wildman–Crippen MR) is 60.4 cm³/mol. The second-order valence-corrected chi connectivity index (χ2v) is 3.96. The van der Waals surface area contributed by atoms with Gasteiger partial charge >= 0.3 is 5.97 Å². The Labute approximate surface area is 97.4 Å². The number of carboxylic acids is 1. The molecular weight excluding hydrogens is 222 g/mol. The average Bonchev–Trinajstić information content (AvgIpc) is 2.59. The number of carbonyl (C=O) groups is 3. The third kappa shape index (κ3) is 2.04. The number of benzene rings is 1. The fourth-order valence-corrected chi connectivity index (χ4v) is 2.03. The summed E-state index contributed by atoms with van der Waals surface area (Å²) in [5, 5.41) is 11.6. The average molecular weight is 233 g/mol. The number of aromatic carboxylic acids is 1. The summed E-state index contributed by atoms with van der Waals surface area (Å²) < 4.78 is 0. The lowest BCUT2D eigenvalue weighted by atomic mass is 10.0. The van der Waals surface area contributed by atoms with Crippen LogP contribution in [-0.2, 0) is 11.2 Å². The zero-order valence-electron chi connectivity index (χ0n) is 9.24. The first-order valence-electron chi connectivity index (χ1n) is 5.20. The van der Waals surface area contributed by atoms with Crippen LogP contribution in [0.1, 0.15) is 39.6 Å². The fraction of sp³-hybridized carbons (Fsp3) is 0.250. The van der Waals surface area contributed by atoms with Crippen molar-refractivity contribution in [3.05, 3.63) is 28.8 Å². The Hall–Kier alpha value is -2.17. The Morgan fingerprint density at radius 3 is 2.59 bits per heavy atom. The highest BCUT2D eigenvalue weighted by Crippen LogP contribution is 2.29. The van der Waals surface area contributed by atoms with Crippen LogP contribution in [0.2, 0.25) is 0 Å². The van der Waals surface area contributed by atoms with Crippen LogP contribution in [0.3, 0.4) is 0 Å². The van der Waals surface area contributed by atoms with Crippen LogP contribution in [0.25, 0.3) is 0 Å². The molecule has 0 spiro atoms. The molecule has 0 saturated carbocycles. The number of fused-ring (bicyclic) bond motifs is 1. The largest absolute Gasteiger partial charge is 0.478 e. The lowest BCUT2D eigenvalue weighted by molar-refractivity contribution is -0.114. The van der Waals surface area contributed by atoms with Crippen molar-refractivity contribution in [2.45, 2.75) is 19.8 Å². The zero-order chi connectivity index (χ0) is 12.6. The van der Waals surface area contributed by atoms with E-state index in [9.17, 15) is 14.4 Å². The first-order valence-corrected chi connectivity index (χ1v) is 5.20. The molecule has 2 N–H and O–H groups in total. The minimum atomic E-state index is -1.08. The Kier molecular flexibility index (Phi) is 2.67. The third-order valence-electron chi connectivity index (χ3n) is 2.70. The van der Waals surface area contributed by atoms with E-state index < -0.39 is 5.97 Å². The van der Waals surface area contributed by atoms with Crippen LogP contribution in [0.4, 0.5) is 5.69 Å². The molecule has 0 unspecified atom stereocenters. The maximum atomic E-state index is 11.6. The summed E-state index contributed by atoms with van der Waals surface area (Å²) in [4.78, 5) is 33.6. The van der Waals surface area contributed by atoms with E-state index in [1.165, 1.54) is 13.0 Å². The molecule has 17 heavy (non-hydrogen) atoms. The van der Waals surface area contributed by atoms with Gasteiger partial charge in [0, 0.05) is 24.6 Å². The zero-order valence-corrected chi connectivity index (χ0v) is 9.24. The number of amides is 1. The number of rotatable bonds is 2. The Balaban J connectivity index is 2.56. The normalized spacial score (nSPS) is 13.4. The summed E-state index contributed by atoms with van der Waals surface area (Å²) >= 11 is 0. The van der Waals surface area contributed by atoms with E-state index in [2.05, 4.69) is 5.32 Å². The molecule has 5 heteroatoms. The Morgan fingerprint density at radius 2 is 2.00 bits per heavy atom. The maximum absolute atomic E-state index is 11.6. The first-order chi connectivity index (χ1) is 7.99. The minimum absolute atomic E-state index is 0.0743. The van der Waals surface area contributed by atoms with E-state index in [0.29, 0.717) is 29.7 Å². The number of ketones is 1. The molecule has 0 saturated heterocycles. The van der Waals surface area contributed by atoms with Gasteiger partial charge in [-0.25, -0.2) is 4.79 Å². The summed E-state index contributed by atoms with van der Waals surface area (Å²) in [5.74, 6) is -1.45. The van der Waals surface area contributed by atoms with Crippen molar-refractivity contribution >= 4 is 23.3 Å². The van der Waals surface area contributed by atoms with Gasteiger partial charge in [-0.05, 0) is 24.1 Å². The van der Waals surface area contributed by atoms with E-state index in [4.69, 9.17) is 5.11 Å². The molecule has 0 fully saturated rings. The molecule has 88 valence electrons. The molecule has 1 amide bonds. The molecule has 0 aliphatic heterocycles. The van der Waals surface area contributed by atoms with Gasteiger partial charge in [0.15, 0.2) is 5.78 Å². The lowest BCUT2D eigenvalue weighted by Crippen LogP contribution is -2.10. The molecule has 0 aromatic heterocycles. The monoisotopic (exact) mass is 233 g/mol. The maximum Gasteiger partial charge on any atom is 0.336 e. The highest BCUT2D eigenvalue weighted by atomic mass is 16.4. The van der Waals surface area contributed by atoms with Gasteiger partial charge in [0.1, 0.15) is 0 Å². The van der Waals surface area contributed by atoms with Crippen LogP contribution in [-0.4, -0.2) is 22.8 Å². The van der Waals surface area contributed by atoms with E-state index in [1.807, 2.05) is 0 Å². The second-order valence-electron chi connectivity index (χ2n) is 3.96. The van der Waals surface area contributed by atoms with Gasteiger partial charge in [-0.2, -0.15) is 0 Å². The van der Waals surface area contributed by atoms with E-state index >= 15 is 0 Å². The molecule has 0 bridgehead atoms. The SMILES string of the molecule is CC(=O)Nc1cc(C(=O)O)c2c(c1)C(=O)CC2. The third-order valence-corrected chi connectivity index (χ3v) is 2.70. The van der Waals surface area contributed by atoms with Crippen LogP contribution < -0.4 is 5.32 Å². The van der Waals surface area contributed by atoms with Crippen molar-refractivity contribution < 1.29 is 19.5 Å². The van der Waals surface area contributed by atoms with Crippen molar-refractivity contribution in [1.29, 1.82) is 0 Å². The number of nitrogens with one attached hydrogen (secondary N) is 1. The van der Waals surface area contributed by atoms with Crippen molar-refractivity contribution in [3.63, 3.8) is 0 Å². The molecule has 5 nitrogen and oxygen atoms in total. The van der Waals surface area contributed by atoms with Gasteiger partial charge in [0.25, 0.3) is 0 Å². The molecule has 0 atom stereocenters. The fourth-order valence-electron chi connectivity index (χ4n) is 2.03. The van der Waals surface area contributed by atoms with Crippen LogP contribution in [0, 0.1) is 0 Å². The van der Waals surface area contributed by atoms with Crippen molar-refractivity contribution in [3.8, 4) is 0 Å². The molecule has 2 rings (SSSR count). The highest BCUT2D eigenvalue weighted by molar-refractivity contribution is 6.06.